The zero-order valence-electron chi connectivity index (χ0n) is 19.2. The number of nitrogens with zero attached hydrogens (tertiary/aromatic N) is 4. The molecule has 178 valence electrons. The number of hydrogen-bond acceptors (Lipinski definition) is 9. The molecule has 2 aromatic heterocycles. The lowest BCUT2D eigenvalue weighted by molar-refractivity contribution is 0.0293. The molecule has 3 atom stereocenters. The summed E-state index contributed by atoms with van der Waals surface area (Å²) in [6.45, 7) is 3.21. The van der Waals surface area contributed by atoms with E-state index in [-0.39, 0.29) is 29.0 Å². The molecule has 1 unspecified atom stereocenters. The first kappa shape index (κ1) is 21.7. The van der Waals surface area contributed by atoms with Crippen LogP contribution in [0.15, 0.2) is 35.1 Å². The van der Waals surface area contributed by atoms with Gasteiger partial charge in [-0.05, 0) is 38.0 Å². The maximum atomic E-state index is 6.26. The highest BCUT2D eigenvalue weighted by Crippen LogP contribution is 2.41. The largest absolute Gasteiger partial charge is 0.494 e. The summed E-state index contributed by atoms with van der Waals surface area (Å²) in [4.78, 5) is 13.5. The molecule has 3 aliphatic rings. The molecule has 0 spiro atoms. The predicted molar refractivity (Wildman–Crippen MR) is 131 cm³/mol. The molecule has 3 aliphatic heterocycles. The number of anilines is 2. The number of aromatic nitrogens is 3. The molecule has 0 saturated carbocycles. The molecule has 9 nitrogen and oxygen atoms in total. The van der Waals surface area contributed by atoms with E-state index in [0.717, 1.165) is 45.8 Å². The maximum absolute atomic E-state index is 6.26. The number of aryl methyl sites for hydroxylation is 1. The van der Waals surface area contributed by atoms with Crippen molar-refractivity contribution < 1.29 is 18.9 Å². The number of benzene rings is 1. The first-order chi connectivity index (χ1) is 16.7. The SMILES string of the molecule is COc1c(N=S2CCC2)cc2ncnc(Nc3cccnc3OC3CO[C@@H]4CCO[C@H]34)c2c1C. The van der Waals surface area contributed by atoms with Gasteiger partial charge in [-0.15, -0.1) is 0 Å². The molecule has 34 heavy (non-hydrogen) atoms. The van der Waals surface area contributed by atoms with Crippen molar-refractivity contribution in [2.45, 2.75) is 38.1 Å². The smallest absolute Gasteiger partial charge is 0.238 e. The van der Waals surface area contributed by atoms with Gasteiger partial charge in [-0.2, -0.15) is 0 Å². The third-order valence-electron chi connectivity index (χ3n) is 6.50. The normalized spacial score (nSPS) is 24.0. The van der Waals surface area contributed by atoms with E-state index in [2.05, 4.69) is 20.3 Å². The van der Waals surface area contributed by atoms with Crippen LogP contribution in [0.5, 0.6) is 11.6 Å². The molecule has 10 heteroatoms. The van der Waals surface area contributed by atoms with Gasteiger partial charge in [0.2, 0.25) is 5.88 Å². The summed E-state index contributed by atoms with van der Waals surface area (Å²) in [5, 5.41) is 4.30. The highest BCUT2D eigenvalue weighted by Gasteiger charge is 2.43. The first-order valence-electron chi connectivity index (χ1n) is 11.5. The third kappa shape index (κ3) is 3.89. The van der Waals surface area contributed by atoms with E-state index in [4.69, 9.17) is 23.3 Å². The fourth-order valence-electron chi connectivity index (χ4n) is 4.69. The highest BCUT2D eigenvalue weighted by molar-refractivity contribution is 7.88. The average Bonchev–Trinajstić information content (AvgIpc) is 3.43. The van der Waals surface area contributed by atoms with Crippen LogP contribution in [0.3, 0.4) is 0 Å². The van der Waals surface area contributed by atoms with Crippen molar-refractivity contribution in [1.29, 1.82) is 0 Å². The number of rotatable bonds is 6. The van der Waals surface area contributed by atoms with Crippen LogP contribution in [0.4, 0.5) is 17.2 Å². The van der Waals surface area contributed by atoms with Crippen molar-refractivity contribution >= 4 is 38.8 Å². The number of hydrogen-bond donors (Lipinski definition) is 1. The summed E-state index contributed by atoms with van der Waals surface area (Å²) in [6.07, 6.45) is 5.28. The Morgan fingerprint density at radius 2 is 2.12 bits per heavy atom. The van der Waals surface area contributed by atoms with Crippen molar-refractivity contribution in [3.8, 4) is 11.6 Å². The average molecular weight is 482 g/mol. The van der Waals surface area contributed by atoms with Crippen LogP contribution in [0.25, 0.3) is 10.9 Å². The Hall–Kier alpha value is -2.82. The van der Waals surface area contributed by atoms with Crippen LogP contribution in [0, 0.1) is 6.92 Å². The standard InChI is InChI=1S/C24H27N5O4S/c1-14-20-16(11-17(21(14)30-2)29-34-9-4-10-34)26-13-27-23(20)28-15-5-3-7-25-24(15)33-19-12-32-18-6-8-31-22(18)19/h3,5,7,11,13,18-19,22H,4,6,8-10,12H2,1-2H3,(H,26,27,28)/t18-,19?,22+/m1/s1. The number of fused-ring (bicyclic) bond motifs is 2. The van der Waals surface area contributed by atoms with Gasteiger partial charge in [0, 0.05) is 35.3 Å². The molecule has 3 fully saturated rings. The predicted octanol–water partition coefficient (Wildman–Crippen LogP) is 3.86. The van der Waals surface area contributed by atoms with Crippen LogP contribution < -0.4 is 14.8 Å². The molecular formula is C24H27N5O4S. The Labute approximate surface area is 200 Å². The summed E-state index contributed by atoms with van der Waals surface area (Å²) in [5.41, 5.74) is 3.34. The summed E-state index contributed by atoms with van der Waals surface area (Å²) >= 11 is 0. The highest BCUT2D eigenvalue weighted by atomic mass is 32.2. The summed E-state index contributed by atoms with van der Waals surface area (Å²) in [5.74, 6) is 4.22. The minimum atomic E-state index is -0.191. The van der Waals surface area contributed by atoms with Crippen LogP contribution >= 0.6 is 0 Å². The van der Waals surface area contributed by atoms with Gasteiger partial charge in [-0.3, -0.25) is 0 Å². The molecule has 0 aliphatic carbocycles. The quantitative estimate of drug-likeness (QED) is 0.567. The molecule has 1 aromatic carbocycles. The zero-order valence-corrected chi connectivity index (χ0v) is 20.0. The second-order valence-corrected chi connectivity index (χ2v) is 10.5. The van der Waals surface area contributed by atoms with Gasteiger partial charge in [0.05, 0.1) is 25.3 Å². The van der Waals surface area contributed by atoms with Gasteiger partial charge in [-0.1, -0.05) is 10.7 Å². The lowest BCUT2D eigenvalue weighted by Crippen LogP contribution is -2.32. The Balaban J connectivity index is 1.35. The van der Waals surface area contributed by atoms with E-state index in [9.17, 15) is 0 Å². The van der Waals surface area contributed by atoms with Gasteiger partial charge in [0.25, 0.3) is 0 Å². The Kier molecular flexibility index (Phi) is 5.80. The lowest BCUT2D eigenvalue weighted by Gasteiger charge is -2.20. The van der Waals surface area contributed by atoms with Crippen molar-refractivity contribution in [3.63, 3.8) is 0 Å². The summed E-state index contributed by atoms with van der Waals surface area (Å²) < 4.78 is 28.6. The molecule has 0 bridgehead atoms. The van der Waals surface area contributed by atoms with Crippen LogP contribution in [-0.2, 0) is 20.2 Å². The van der Waals surface area contributed by atoms with Crippen LogP contribution in [0.1, 0.15) is 18.4 Å². The van der Waals surface area contributed by atoms with Crippen molar-refractivity contribution in [3.05, 3.63) is 36.3 Å². The summed E-state index contributed by atoms with van der Waals surface area (Å²) in [7, 11) is 1.77. The monoisotopic (exact) mass is 481 g/mol. The minimum absolute atomic E-state index is 0.0557. The molecule has 3 aromatic rings. The van der Waals surface area contributed by atoms with Gasteiger partial charge >= 0.3 is 0 Å². The number of methoxy groups -OCH3 is 1. The van der Waals surface area contributed by atoms with Gasteiger partial charge < -0.3 is 24.3 Å². The van der Waals surface area contributed by atoms with E-state index in [1.807, 2.05) is 25.1 Å². The maximum Gasteiger partial charge on any atom is 0.238 e. The third-order valence-corrected chi connectivity index (χ3v) is 8.47. The van der Waals surface area contributed by atoms with E-state index >= 15 is 0 Å². The van der Waals surface area contributed by atoms with Crippen LogP contribution in [-0.4, -0.2) is 65.1 Å². The van der Waals surface area contributed by atoms with E-state index in [1.165, 1.54) is 6.42 Å². The Morgan fingerprint density at radius 1 is 1.21 bits per heavy atom. The molecule has 0 radical (unpaired) electrons. The fourth-order valence-corrected chi connectivity index (χ4v) is 5.83. The van der Waals surface area contributed by atoms with Crippen molar-refractivity contribution in [2.75, 3.05) is 37.1 Å². The fraction of sp³-hybridized carbons (Fsp3) is 0.458. The van der Waals surface area contributed by atoms with Gasteiger partial charge in [0.1, 0.15) is 35.4 Å². The molecule has 3 saturated heterocycles. The molecule has 1 N–H and O–H groups in total. The molecule has 0 amide bonds. The number of ether oxygens (including phenoxy) is 4. The molecule has 6 rings (SSSR count). The van der Waals surface area contributed by atoms with E-state index in [0.29, 0.717) is 30.6 Å². The van der Waals surface area contributed by atoms with Gasteiger partial charge in [-0.25, -0.2) is 19.3 Å². The Bertz CT molecular complexity index is 1260. The van der Waals surface area contributed by atoms with Gasteiger partial charge in [0.15, 0.2) is 6.10 Å². The topological polar surface area (TPSA) is 100.0 Å². The second kappa shape index (κ2) is 9.09. The lowest BCUT2D eigenvalue weighted by atomic mass is 10.1. The minimum Gasteiger partial charge on any atom is -0.494 e. The second-order valence-electron chi connectivity index (χ2n) is 8.62. The van der Waals surface area contributed by atoms with Crippen molar-refractivity contribution in [1.82, 2.24) is 15.0 Å². The number of pyridine rings is 1. The Morgan fingerprint density at radius 3 is 2.94 bits per heavy atom. The zero-order chi connectivity index (χ0) is 23.1. The first-order valence-corrected chi connectivity index (χ1v) is 13.1. The van der Waals surface area contributed by atoms with E-state index < -0.39 is 0 Å². The van der Waals surface area contributed by atoms with Crippen molar-refractivity contribution in [2.24, 2.45) is 4.36 Å². The number of nitrogens with one attached hydrogen (secondary N) is 1. The van der Waals surface area contributed by atoms with E-state index in [1.54, 1.807) is 19.6 Å². The van der Waals surface area contributed by atoms with Crippen LogP contribution in [0.2, 0.25) is 0 Å². The molecule has 5 heterocycles. The summed E-state index contributed by atoms with van der Waals surface area (Å²) in [6, 6.07) is 5.78. The molecular weight excluding hydrogens is 454 g/mol.